The lowest BCUT2D eigenvalue weighted by molar-refractivity contribution is -0.148. The lowest BCUT2D eigenvalue weighted by Crippen LogP contribution is -2.46. The van der Waals surface area contributed by atoms with Crippen LogP contribution in [-0.4, -0.2) is 45.3 Å². The number of fused-ring (bicyclic) bond motifs is 4. The molecule has 33 heavy (non-hydrogen) atoms. The van der Waals surface area contributed by atoms with Gasteiger partial charge in [-0.05, 0) is 35.9 Å². The van der Waals surface area contributed by atoms with Gasteiger partial charge in [0.15, 0.2) is 0 Å². The Kier molecular flexibility index (Phi) is 5.55. The fourth-order valence-electron chi connectivity index (χ4n) is 5.43. The number of hydrogen-bond donors (Lipinski definition) is 1. The molecule has 2 aliphatic heterocycles. The van der Waals surface area contributed by atoms with Gasteiger partial charge in [-0.3, -0.25) is 19.5 Å². The van der Waals surface area contributed by atoms with Crippen LogP contribution in [0.15, 0.2) is 65.7 Å². The summed E-state index contributed by atoms with van der Waals surface area (Å²) < 4.78 is 21.2. The molecule has 0 radical (unpaired) electrons. The SMILES string of the molecule is COC(=O)[C@H]1[C@H](CO)[C@H]2Cn3c(ccc(-c4ccccc4F)c3=O)[C@@H]1N2Cc1ccncc1. The molecule has 0 unspecified atom stereocenters. The topological polar surface area (TPSA) is 84.7 Å². The molecule has 2 aliphatic rings. The van der Waals surface area contributed by atoms with Crippen LogP contribution in [0.25, 0.3) is 11.1 Å². The molecular weight excluding hydrogens is 425 g/mol. The minimum Gasteiger partial charge on any atom is -0.469 e. The zero-order valence-corrected chi connectivity index (χ0v) is 18.1. The van der Waals surface area contributed by atoms with Crippen molar-refractivity contribution in [3.05, 3.63) is 88.4 Å². The summed E-state index contributed by atoms with van der Waals surface area (Å²) in [6, 6.07) is 12.7. The summed E-state index contributed by atoms with van der Waals surface area (Å²) in [6.07, 6.45) is 3.42. The van der Waals surface area contributed by atoms with Crippen LogP contribution in [0.5, 0.6) is 0 Å². The van der Waals surface area contributed by atoms with Gasteiger partial charge in [-0.15, -0.1) is 0 Å². The molecule has 8 heteroatoms. The molecule has 1 aromatic carbocycles. The maximum absolute atomic E-state index is 14.4. The molecule has 1 N–H and O–H groups in total. The van der Waals surface area contributed by atoms with E-state index >= 15 is 0 Å². The van der Waals surface area contributed by atoms with Crippen molar-refractivity contribution in [2.24, 2.45) is 11.8 Å². The van der Waals surface area contributed by atoms with Crippen molar-refractivity contribution >= 4 is 5.97 Å². The number of aliphatic hydroxyl groups excluding tert-OH is 1. The van der Waals surface area contributed by atoms with Gasteiger partial charge in [-0.25, -0.2) is 4.39 Å². The highest BCUT2D eigenvalue weighted by molar-refractivity contribution is 5.75. The van der Waals surface area contributed by atoms with E-state index in [1.807, 2.05) is 12.1 Å². The van der Waals surface area contributed by atoms with Gasteiger partial charge in [0.25, 0.3) is 5.56 Å². The number of benzene rings is 1. The van der Waals surface area contributed by atoms with Crippen LogP contribution >= 0.6 is 0 Å². The van der Waals surface area contributed by atoms with Crippen LogP contribution in [0.1, 0.15) is 17.3 Å². The van der Waals surface area contributed by atoms with Crippen LogP contribution < -0.4 is 5.56 Å². The Balaban J connectivity index is 1.65. The second-order valence-corrected chi connectivity index (χ2v) is 8.50. The van der Waals surface area contributed by atoms with E-state index in [2.05, 4.69) is 9.88 Å². The number of halogens is 1. The first-order chi connectivity index (χ1) is 16.0. The molecule has 4 atom stereocenters. The fourth-order valence-corrected chi connectivity index (χ4v) is 5.43. The number of aromatic nitrogens is 2. The number of carbonyl (C=O) groups excluding carboxylic acids is 1. The average molecular weight is 449 g/mol. The van der Waals surface area contributed by atoms with Crippen molar-refractivity contribution in [3.8, 4) is 11.1 Å². The summed E-state index contributed by atoms with van der Waals surface area (Å²) in [5.41, 5.74) is 1.89. The van der Waals surface area contributed by atoms with Gasteiger partial charge in [0.1, 0.15) is 5.82 Å². The number of esters is 1. The summed E-state index contributed by atoms with van der Waals surface area (Å²) in [6.45, 7) is 0.610. The summed E-state index contributed by atoms with van der Waals surface area (Å²) in [7, 11) is 1.33. The van der Waals surface area contributed by atoms with Gasteiger partial charge in [0, 0.05) is 55.3 Å². The zero-order valence-electron chi connectivity index (χ0n) is 18.1. The zero-order chi connectivity index (χ0) is 23.1. The van der Waals surface area contributed by atoms with Crippen LogP contribution in [-0.2, 0) is 22.6 Å². The van der Waals surface area contributed by atoms with E-state index in [1.54, 1.807) is 47.3 Å². The van der Waals surface area contributed by atoms with E-state index in [0.717, 1.165) is 5.56 Å². The lowest BCUT2D eigenvalue weighted by atomic mass is 9.87. The number of methoxy groups -OCH3 is 1. The van der Waals surface area contributed by atoms with Gasteiger partial charge in [0.05, 0.1) is 24.6 Å². The number of rotatable bonds is 5. The third kappa shape index (κ3) is 3.46. The maximum atomic E-state index is 14.4. The third-order valence-corrected chi connectivity index (χ3v) is 6.92. The molecular formula is C25H24FN3O4. The van der Waals surface area contributed by atoms with Crippen LogP contribution in [0.3, 0.4) is 0 Å². The van der Waals surface area contributed by atoms with E-state index in [0.29, 0.717) is 12.2 Å². The Morgan fingerprint density at radius 1 is 1.15 bits per heavy atom. The molecule has 0 saturated carbocycles. The van der Waals surface area contributed by atoms with Crippen molar-refractivity contribution in [1.29, 1.82) is 0 Å². The second-order valence-electron chi connectivity index (χ2n) is 8.50. The van der Waals surface area contributed by atoms with Gasteiger partial charge < -0.3 is 14.4 Å². The number of carbonyl (C=O) groups is 1. The number of pyridine rings is 2. The molecule has 7 nitrogen and oxygen atoms in total. The van der Waals surface area contributed by atoms with Crippen LogP contribution in [0.2, 0.25) is 0 Å². The average Bonchev–Trinajstić information content (AvgIpc) is 3.04. The van der Waals surface area contributed by atoms with Gasteiger partial charge in [-0.1, -0.05) is 18.2 Å². The summed E-state index contributed by atoms with van der Waals surface area (Å²) >= 11 is 0. The minimum atomic E-state index is -0.626. The summed E-state index contributed by atoms with van der Waals surface area (Å²) in [5, 5.41) is 10.2. The van der Waals surface area contributed by atoms with Crippen molar-refractivity contribution < 1.29 is 19.0 Å². The molecule has 3 aromatic rings. The lowest BCUT2D eigenvalue weighted by Gasteiger charge is -2.38. The molecule has 170 valence electrons. The van der Waals surface area contributed by atoms with Crippen LogP contribution in [0.4, 0.5) is 4.39 Å². The first kappa shape index (κ1) is 21.5. The number of ether oxygens (including phenoxy) is 1. The highest BCUT2D eigenvalue weighted by atomic mass is 19.1. The molecule has 0 spiro atoms. The molecule has 2 aromatic heterocycles. The third-order valence-electron chi connectivity index (χ3n) is 6.92. The first-order valence-corrected chi connectivity index (χ1v) is 10.9. The van der Waals surface area contributed by atoms with E-state index in [9.17, 15) is 19.1 Å². The van der Waals surface area contributed by atoms with E-state index in [-0.39, 0.29) is 35.9 Å². The Morgan fingerprint density at radius 3 is 2.61 bits per heavy atom. The number of nitrogens with zero attached hydrogens (tertiary/aromatic N) is 3. The Bertz CT molecular complexity index is 1250. The monoisotopic (exact) mass is 449 g/mol. The first-order valence-electron chi connectivity index (χ1n) is 10.9. The van der Waals surface area contributed by atoms with E-state index in [4.69, 9.17) is 4.74 Å². The summed E-state index contributed by atoms with van der Waals surface area (Å²) in [4.78, 5) is 32.6. The Labute approximate surface area is 190 Å². The molecule has 5 rings (SSSR count). The maximum Gasteiger partial charge on any atom is 0.311 e. The molecule has 4 heterocycles. The second kappa shape index (κ2) is 8.53. The predicted octanol–water partition coefficient (Wildman–Crippen LogP) is 2.39. The minimum absolute atomic E-state index is 0.212. The largest absolute Gasteiger partial charge is 0.469 e. The molecule has 1 fully saturated rings. The van der Waals surface area contributed by atoms with Crippen molar-refractivity contribution in [3.63, 3.8) is 0 Å². The predicted molar refractivity (Wildman–Crippen MR) is 118 cm³/mol. The Morgan fingerprint density at radius 2 is 1.91 bits per heavy atom. The van der Waals surface area contributed by atoms with Gasteiger partial charge >= 0.3 is 5.97 Å². The molecule has 0 aliphatic carbocycles. The number of hydrogen-bond acceptors (Lipinski definition) is 6. The van der Waals surface area contributed by atoms with Gasteiger partial charge in [-0.2, -0.15) is 0 Å². The summed E-state index contributed by atoms with van der Waals surface area (Å²) in [5.74, 6) is -1.91. The molecule has 2 bridgehead atoms. The van der Waals surface area contributed by atoms with E-state index < -0.39 is 29.7 Å². The van der Waals surface area contributed by atoms with Crippen molar-refractivity contribution in [2.75, 3.05) is 13.7 Å². The fraction of sp³-hybridized carbons (Fsp3) is 0.320. The normalized spacial score (nSPS) is 23.8. The van der Waals surface area contributed by atoms with Gasteiger partial charge in [0.2, 0.25) is 0 Å². The quantitative estimate of drug-likeness (QED) is 0.602. The molecule has 0 amide bonds. The standard InChI is InChI=1S/C25H24FN3O4/c1-33-25(32)22-18(14-30)21-13-29-20(23(22)28(21)12-15-8-10-27-11-9-15)7-6-17(24(29)31)16-4-2-3-5-19(16)26/h2-11,18,21-23,30H,12-14H2,1H3/t18-,21-,22+,23+/m1/s1. The number of aliphatic hydroxyl groups is 1. The highest BCUT2D eigenvalue weighted by Gasteiger charge is 2.56. The molecule has 1 saturated heterocycles. The van der Waals surface area contributed by atoms with Crippen LogP contribution in [0, 0.1) is 17.7 Å². The van der Waals surface area contributed by atoms with Crippen molar-refractivity contribution in [2.45, 2.75) is 25.2 Å². The van der Waals surface area contributed by atoms with Crippen molar-refractivity contribution in [1.82, 2.24) is 14.5 Å². The smallest absolute Gasteiger partial charge is 0.311 e. The van der Waals surface area contributed by atoms with E-state index in [1.165, 1.54) is 13.2 Å². The highest BCUT2D eigenvalue weighted by Crippen LogP contribution is 2.49. The Hall–Kier alpha value is -3.36.